The Hall–Kier alpha value is -0.550. The summed E-state index contributed by atoms with van der Waals surface area (Å²) in [5, 5.41) is 8.77. The van der Waals surface area contributed by atoms with Gasteiger partial charge in [-0.1, -0.05) is 6.42 Å². The van der Waals surface area contributed by atoms with Crippen LogP contribution in [0.5, 0.6) is 0 Å². The molecule has 1 aliphatic carbocycles. The molecule has 2 rings (SSSR count). The second-order valence-electron chi connectivity index (χ2n) is 3.55. The van der Waals surface area contributed by atoms with E-state index in [0.717, 1.165) is 13.0 Å². The van der Waals surface area contributed by atoms with Gasteiger partial charge in [0.2, 0.25) is 0 Å². The number of ether oxygens (including phenoxy) is 1. The van der Waals surface area contributed by atoms with Crippen LogP contribution in [0.4, 0.5) is 0 Å². The van der Waals surface area contributed by atoms with Gasteiger partial charge in [0.1, 0.15) is 0 Å². The van der Waals surface area contributed by atoms with Gasteiger partial charge >= 0.3 is 0 Å². The van der Waals surface area contributed by atoms with Crippen LogP contribution < -0.4 is 0 Å². The molecule has 1 saturated carbocycles. The molecule has 1 saturated heterocycles. The smallest absolute Gasteiger partial charge is 0.0762 e. The quantitative estimate of drug-likeness (QED) is 0.571. The Bertz CT molecular complexity index is 180. The third-order valence-electron chi connectivity index (χ3n) is 2.92. The molecular formula is C9H13NO. The van der Waals surface area contributed by atoms with Crippen molar-refractivity contribution < 1.29 is 4.74 Å². The van der Waals surface area contributed by atoms with Crippen molar-refractivity contribution in [3.8, 4) is 6.07 Å². The van der Waals surface area contributed by atoms with Crippen LogP contribution in [-0.4, -0.2) is 12.7 Å². The van der Waals surface area contributed by atoms with Gasteiger partial charge in [0.15, 0.2) is 0 Å². The minimum absolute atomic E-state index is 0.195. The number of rotatable bonds is 1. The predicted molar refractivity (Wildman–Crippen MR) is 40.8 cm³/mol. The van der Waals surface area contributed by atoms with Crippen LogP contribution >= 0.6 is 0 Å². The maximum absolute atomic E-state index is 8.77. The highest BCUT2D eigenvalue weighted by atomic mass is 16.5. The lowest BCUT2D eigenvalue weighted by Gasteiger charge is -2.31. The summed E-state index contributed by atoms with van der Waals surface area (Å²) in [6, 6.07) is 2.34. The number of nitrogens with zero attached hydrogens (tertiary/aromatic N) is 1. The van der Waals surface area contributed by atoms with E-state index < -0.39 is 0 Å². The van der Waals surface area contributed by atoms with Crippen LogP contribution in [0.15, 0.2) is 0 Å². The Labute approximate surface area is 67.2 Å². The normalized spacial score (nSPS) is 38.1. The van der Waals surface area contributed by atoms with Gasteiger partial charge in [-0.2, -0.15) is 5.26 Å². The Kier molecular flexibility index (Phi) is 1.83. The summed E-state index contributed by atoms with van der Waals surface area (Å²) < 4.78 is 5.54. The molecule has 2 fully saturated rings. The van der Waals surface area contributed by atoms with E-state index in [1.54, 1.807) is 0 Å². The fourth-order valence-electron chi connectivity index (χ4n) is 1.98. The van der Waals surface area contributed by atoms with Crippen molar-refractivity contribution in [2.45, 2.75) is 31.8 Å². The first-order chi connectivity index (χ1) is 5.42. The van der Waals surface area contributed by atoms with Gasteiger partial charge in [-0.25, -0.2) is 0 Å². The first-order valence-electron chi connectivity index (χ1n) is 4.43. The standard InChI is InChI=1S/C9H13NO/c10-6-8-4-5-11-9(8)7-2-1-3-7/h7-9H,1-5H2. The summed E-state index contributed by atoms with van der Waals surface area (Å²) in [4.78, 5) is 0. The lowest BCUT2D eigenvalue weighted by molar-refractivity contribution is 0.0194. The highest BCUT2D eigenvalue weighted by Gasteiger charge is 2.37. The molecule has 0 aromatic heterocycles. The van der Waals surface area contributed by atoms with E-state index in [0.29, 0.717) is 5.92 Å². The van der Waals surface area contributed by atoms with Gasteiger partial charge in [-0.3, -0.25) is 0 Å². The third-order valence-corrected chi connectivity index (χ3v) is 2.92. The molecule has 0 spiro atoms. The van der Waals surface area contributed by atoms with Gasteiger partial charge in [-0.05, 0) is 25.2 Å². The van der Waals surface area contributed by atoms with Crippen LogP contribution in [0.2, 0.25) is 0 Å². The molecule has 2 unspecified atom stereocenters. The zero-order valence-electron chi connectivity index (χ0n) is 6.62. The molecule has 0 aromatic rings. The average Bonchev–Trinajstić information content (AvgIpc) is 2.32. The molecule has 0 N–H and O–H groups in total. The Morgan fingerprint density at radius 2 is 2.09 bits per heavy atom. The van der Waals surface area contributed by atoms with Crippen LogP contribution in [0.25, 0.3) is 0 Å². The monoisotopic (exact) mass is 151 g/mol. The molecule has 2 nitrogen and oxygen atoms in total. The van der Waals surface area contributed by atoms with Gasteiger partial charge in [0.25, 0.3) is 0 Å². The summed E-state index contributed by atoms with van der Waals surface area (Å²) in [6.45, 7) is 0.805. The van der Waals surface area contributed by atoms with Gasteiger partial charge < -0.3 is 4.74 Å². The van der Waals surface area contributed by atoms with E-state index in [9.17, 15) is 0 Å². The average molecular weight is 151 g/mol. The van der Waals surface area contributed by atoms with Crippen molar-refractivity contribution in [1.29, 1.82) is 5.26 Å². The second kappa shape index (κ2) is 2.83. The SMILES string of the molecule is N#CC1CCOC1C1CCC1. The van der Waals surface area contributed by atoms with Crippen molar-refractivity contribution in [1.82, 2.24) is 0 Å². The molecule has 1 heterocycles. The fraction of sp³-hybridized carbons (Fsp3) is 0.889. The van der Waals surface area contributed by atoms with Crippen molar-refractivity contribution in [2.24, 2.45) is 11.8 Å². The molecule has 1 aliphatic heterocycles. The van der Waals surface area contributed by atoms with E-state index in [-0.39, 0.29) is 12.0 Å². The van der Waals surface area contributed by atoms with E-state index in [1.165, 1.54) is 19.3 Å². The molecule has 0 bridgehead atoms. The van der Waals surface area contributed by atoms with Crippen LogP contribution in [0, 0.1) is 23.2 Å². The molecule has 60 valence electrons. The van der Waals surface area contributed by atoms with E-state index >= 15 is 0 Å². The summed E-state index contributed by atoms with van der Waals surface area (Å²) in [5.74, 6) is 0.905. The van der Waals surface area contributed by atoms with Crippen molar-refractivity contribution >= 4 is 0 Å². The minimum atomic E-state index is 0.195. The summed E-state index contributed by atoms with van der Waals surface area (Å²) in [7, 11) is 0. The number of nitriles is 1. The minimum Gasteiger partial charge on any atom is -0.377 e. The third kappa shape index (κ3) is 1.14. The largest absolute Gasteiger partial charge is 0.377 e. The van der Waals surface area contributed by atoms with Crippen molar-refractivity contribution in [2.75, 3.05) is 6.61 Å². The highest BCUT2D eigenvalue weighted by molar-refractivity contribution is 4.97. The molecule has 0 amide bonds. The van der Waals surface area contributed by atoms with Gasteiger partial charge in [0.05, 0.1) is 18.1 Å². The van der Waals surface area contributed by atoms with Gasteiger partial charge in [0, 0.05) is 6.61 Å². The second-order valence-corrected chi connectivity index (χ2v) is 3.55. The number of hydrogen-bond acceptors (Lipinski definition) is 2. The maximum atomic E-state index is 8.77. The molecular weight excluding hydrogens is 138 g/mol. The Morgan fingerprint density at radius 1 is 1.27 bits per heavy atom. The van der Waals surface area contributed by atoms with Crippen LogP contribution in [-0.2, 0) is 4.74 Å². The number of hydrogen-bond donors (Lipinski definition) is 0. The zero-order chi connectivity index (χ0) is 7.68. The predicted octanol–water partition coefficient (Wildman–Crippen LogP) is 1.72. The van der Waals surface area contributed by atoms with E-state index in [1.807, 2.05) is 0 Å². The van der Waals surface area contributed by atoms with E-state index in [4.69, 9.17) is 10.00 Å². The maximum Gasteiger partial charge on any atom is 0.0762 e. The summed E-state index contributed by atoms with van der Waals surface area (Å²) >= 11 is 0. The Balaban J connectivity index is 1.96. The molecule has 2 heteroatoms. The van der Waals surface area contributed by atoms with E-state index in [2.05, 4.69) is 6.07 Å². The highest BCUT2D eigenvalue weighted by Crippen LogP contribution is 2.38. The lowest BCUT2D eigenvalue weighted by Crippen LogP contribution is -2.30. The molecule has 0 aromatic carbocycles. The zero-order valence-corrected chi connectivity index (χ0v) is 6.62. The summed E-state index contributed by atoms with van der Waals surface area (Å²) in [6.07, 6.45) is 5.14. The fourth-order valence-corrected chi connectivity index (χ4v) is 1.98. The Morgan fingerprint density at radius 3 is 2.64 bits per heavy atom. The topological polar surface area (TPSA) is 33.0 Å². The lowest BCUT2D eigenvalue weighted by atomic mass is 9.77. The first kappa shape index (κ1) is 7.12. The van der Waals surface area contributed by atoms with Crippen molar-refractivity contribution in [3.63, 3.8) is 0 Å². The van der Waals surface area contributed by atoms with Crippen LogP contribution in [0.3, 0.4) is 0 Å². The molecule has 2 aliphatic rings. The summed E-state index contributed by atoms with van der Waals surface area (Å²) in [5.41, 5.74) is 0. The first-order valence-corrected chi connectivity index (χ1v) is 4.43. The van der Waals surface area contributed by atoms with Crippen molar-refractivity contribution in [3.05, 3.63) is 0 Å². The molecule has 2 atom stereocenters. The van der Waals surface area contributed by atoms with Crippen LogP contribution in [0.1, 0.15) is 25.7 Å². The molecule has 0 radical (unpaired) electrons. The van der Waals surface area contributed by atoms with Gasteiger partial charge in [-0.15, -0.1) is 0 Å². The molecule has 11 heavy (non-hydrogen) atoms.